The zero-order chi connectivity index (χ0) is 20.9. The maximum atomic E-state index is 12.4. The predicted molar refractivity (Wildman–Crippen MR) is 133 cm³/mol. The highest BCUT2D eigenvalue weighted by molar-refractivity contribution is 14.0. The molecule has 1 aliphatic rings. The van der Waals surface area contributed by atoms with Gasteiger partial charge in [0.2, 0.25) is 0 Å². The van der Waals surface area contributed by atoms with Crippen molar-refractivity contribution in [3.05, 3.63) is 57.8 Å². The molecule has 0 unspecified atom stereocenters. The molecule has 1 aromatic heterocycles. The van der Waals surface area contributed by atoms with Crippen LogP contribution in [0.4, 0.5) is 0 Å². The summed E-state index contributed by atoms with van der Waals surface area (Å²) in [6.07, 6.45) is 1.58. The Balaban J connectivity index is 0.00000320. The first-order chi connectivity index (χ1) is 13.9. The zero-order valence-corrected chi connectivity index (χ0v) is 20.8. The molecular formula is C22H29IN4O2S. The molecule has 30 heavy (non-hydrogen) atoms. The lowest BCUT2D eigenvalue weighted by atomic mass is 9.91. The Kier molecular flexibility index (Phi) is 8.84. The Bertz CT molecular complexity index is 861. The van der Waals surface area contributed by atoms with Gasteiger partial charge in [0.15, 0.2) is 5.96 Å². The molecule has 0 bridgehead atoms. The number of hydrogen-bond donors (Lipinski definition) is 2. The highest BCUT2D eigenvalue weighted by Crippen LogP contribution is 2.26. The van der Waals surface area contributed by atoms with E-state index < -0.39 is 0 Å². The average Bonchev–Trinajstić information content (AvgIpc) is 3.34. The van der Waals surface area contributed by atoms with Gasteiger partial charge in [-0.25, -0.2) is 0 Å². The van der Waals surface area contributed by atoms with Crippen molar-refractivity contribution in [3.8, 4) is 0 Å². The Hall–Kier alpha value is -1.94. The number of carbonyl (C=O) groups excluding carboxylic acids is 2. The second-order valence-electron chi connectivity index (χ2n) is 7.73. The van der Waals surface area contributed by atoms with Gasteiger partial charge in [0.05, 0.1) is 11.1 Å². The smallest absolute Gasteiger partial charge is 0.261 e. The Morgan fingerprint density at radius 2 is 1.70 bits per heavy atom. The Labute approximate surface area is 199 Å². The van der Waals surface area contributed by atoms with Crippen LogP contribution in [0.5, 0.6) is 0 Å². The molecule has 0 fully saturated rings. The van der Waals surface area contributed by atoms with Crippen molar-refractivity contribution in [2.75, 3.05) is 26.7 Å². The number of halogens is 1. The SMILES string of the molecule is CN=C(NCCCCN1C(=O)c2ccccc2C1=O)NCC(C)(C)c1cccs1.I. The van der Waals surface area contributed by atoms with Crippen LogP contribution in [0.25, 0.3) is 0 Å². The number of fused-ring (bicyclic) bond motifs is 1. The third-order valence-electron chi connectivity index (χ3n) is 5.09. The molecule has 0 aliphatic carbocycles. The molecule has 8 heteroatoms. The molecule has 2 heterocycles. The van der Waals surface area contributed by atoms with E-state index >= 15 is 0 Å². The molecule has 0 saturated heterocycles. The van der Waals surface area contributed by atoms with Crippen LogP contribution in [0.15, 0.2) is 46.8 Å². The molecule has 1 aliphatic heterocycles. The lowest BCUT2D eigenvalue weighted by Crippen LogP contribution is -2.43. The third-order valence-corrected chi connectivity index (χ3v) is 6.32. The number of hydrogen-bond acceptors (Lipinski definition) is 4. The summed E-state index contributed by atoms with van der Waals surface area (Å²) in [5, 5.41) is 8.78. The number of nitrogens with zero attached hydrogens (tertiary/aromatic N) is 2. The van der Waals surface area contributed by atoms with E-state index in [-0.39, 0.29) is 41.2 Å². The summed E-state index contributed by atoms with van der Waals surface area (Å²) in [5.74, 6) is 0.383. The standard InChI is InChI=1S/C22H28N4O2S.HI/c1-22(2,18-11-8-14-29-18)15-25-21(23-3)24-12-6-7-13-26-19(27)16-9-4-5-10-17(16)20(26)28;/h4-5,8-11,14H,6-7,12-13,15H2,1-3H3,(H2,23,24,25);1H. The van der Waals surface area contributed by atoms with Crippen molar-refractivity contribution >= 4 is 53.1 Å². The van der Waals surface area contributed by atoms with E-state index in [1.54, 1.807) is 42.6 Å². The molecule has 162 valence electrons. The van der Waals surface area contributed by atoms with Gasteiger partial charge < -0.3 is 10.6 Å². The van der Waals surface area contributed by atoms with Crippen LogP contribution in [-0.2, 0) is 5.41 Å². The molecule has 2 amide bonds. The first kappa shape index (κ1) is 24.3. The van der Waals surface area contributed by atoms with Gasteiger partial charge in [0.25, 0.3) is 11.8 Å². The van der Waals surface area contributed by atoms with Crippen LogP contribution in [0.1, 0.15) is 52.3 Å². The summed E-state index contributed by atoms with van der Waals surface area (Å²) in [4.78, 5) is 31.7. The van der Waals surface area contributed by atoms with E-state index in [1.807, 2.05) is 0 Å². The van der Waals surface area contributed by atoms with Crippen molar-refractivity contribution in [1.29, 1.82) is 0 Å². The summed E-state index contributed by atoms with van der Waals surface area (Å²) in [6.45, 7) is 6.36. The van der Waals surface area contributed by atoms with Crippen molar-refractivity contribution in [2.24, 2.45) is 4.99 Å². The summed E-state index contributed by atoms with van der Waals surface area (Å²) in [7, 11) is 1.76. The fourth-order valence-electron chi connectivity index (χ4n) is 3.32. The van der Waals surface area contributed by atoms with Crippen LogP contribution >= 0.6 is 35.3 Å². The van der Waals surface area contributed by atoms with E-state index in [1.165, 1.54) is 9.78 Å². The van der Waals surface area contributed by atoms with Crippen LogP contribution in [-0.4, -0.2) is 49.4 Å². The molecule has 3 rings (SSSR count). The van der Waals surface area contributed by atoms with Gasteiger partial charge in [-0.2, -0.15) is 0 Å². The van der Waals surface area contributed by atoms with E-state index in [0.717, 1.165) is 31.9 Å². The predicted octanol–water partition coefficient (Wildman–Crippen LogP) is 3.89. The lowest BCUT2D eigenvalue weighted by molar-refractivity contribution is 0.0652. The maximum Gasteiger partial charge on any atom is 0.261 e. The average molecular weight is 540 g/mol. The van der Waals surface area contributed by atoms with Gasteiger partial charge in [-0.05, 0) is 36.4 Å². The van der Waals surface area contributed by atoms with Gasteiger partial charge >= 0.3 is 0 Å². The lowest BCUT2D eigenvalue weighted by Gasteiger charge is -2.25. The minimum absolute atomic E-state index is 0. The molecule has 0 saturated carbocycles. The highest BCUT2D eigenvalue weighted by atomic mass is 127. The van der Waals surface area contributed by atoms with Crippen LogP contribution in [0.2, 0.25) is 0 Å². The second-order valence-corrected chi connectivity index (χ2v) is 8.68. The second kappa shape index (κ2) is 10.9. The minimum atomic E-state index is -0.188. The number of aliphatic imine (C=N–C) groups is 1. The number of amides is 2. The first-order valence-corrected chi connectivity index (χ1v) is 10.8. The molecule has 2 aromatic rings. The van der Waals surface area contributed by atoms with Crippen LogP contribution in [0.3, 0.4) is 0 Å². The summed E-state index contributed by atoms with van der Waals surface area (Å²) >= 11 is 1.76. The van der Waals surface area contributed by atoms with Gasteiger partial charge in [-0.15, -0.1) is 35.3 Å². The van der Waals surface area contributed by atoms with Crippen LogP contribution < -0.4 is 10.6 Å². The maximum absolute atomic E-state index is 12.4. The number of nitrogens with one attached hydrogen (secondary N) is 2. The Morgan fingerprint density at radius 3 is 2.27 bits per heavy atom. The van der Waals surface area contributed by atoms with Crippen molar-refractivity contribution in [1.82, 2.24) is 15.5 Å². The number of carbonyl (C=O) groups is 2. The molecule has 1 aromatic carbocycles. The van der Waals surface area contributed by atoms with Gasteiger partial charge in [-0.1, -0.05) is 32.0 Å². The number of guanidine groups is 1. The number of rotatable bonds is 8. The van der Waals surface area contributed by atoms with Gasteiger partial charge in [0, 0.05) is 37.0 Å². The van der Waals surface area contributed by atoms with E-state index in [2.05, 4.69) is 47.0 Å². The van der Waals surface area contributed by atoms with E-state index in [4.69, 9.17) is 0 Å². The van der Waals surface area contributed by atoms with E-state index in [9.17, 15) is 9.59 Å². The zero-order valence-electron chi connectivity index (χ0n) is 17.6. The van der Waals surface area contributed by atoms with Gasteiger partial charge in [-0.3, -0.25) is 19.5 Å². The normalized spacial score (nSPS) is 13.8. The van der Waals surface area contributed by atoms with Crippen molar-refractivity contribution in [3.63, 3.8) is 0 Å². The number of unbranched alkanes of at least 4 members (excludes halogenated alkanes) is 1. The number of benzene rings is 1. The molecule has 0 radical (unpaired) electrons. The van der Waals surface area contributed by atoms with E-state index in [0.29, 0.717) is 17.7 Å². The van der Waals surface area contributed by atoms with Crippen LogP contribution in [0, 0.1) is 0 Å². The Morgan fingerprint density at radius 1 is 1.03 bits per heavy atom. The first-order valence-electron chi connectivity index (χ1n) is 9.88. The van der Waals surface area contributed by atoms with Crippen molar-refractivity contribution < 1.29 is 9.59 Å². The summed E-state index contributed by atoms with van der Waals surface area (Å²) in [5.41, 5.74) is 1.04. The number of imide groups is 1. The molecule has 2 N–H and O–H groups in total. The topological polar surface area (TPSA) is 73.8 Å². The fourth-order valence-corrected chi connectivity index (χ4v) is 4.17. The molecular weight excluding hydrogens is 511 g/mol. The minimum Gasteiger partial charge on any atom is -0.356 e. The summed E-state index contributed by atoms with van der Waals surface area (Å²) < 4.78 is 0. The van der Waals surface area contributed by atoms with Gasteiger partial charge in [0.1, 0.15) is 0 Å². The number of thiophene rings is 1. The third kappa shape index (κ3) is 5.60. The van der Waals surface area contributed by atoms with Crippen molar-refractivity contribution in [2.45, 2.75) is 32.1 Å². The quantitative estimate of drug-likeness (QED) is 0.175. The largest absolute Gasteiger partial charge is 0.356 e. The highest BCUT2D eigenvalue weighted by Gasteiger charge is 2.34. The fraction of sp³-hybridized carbons (Fsp3) is 0.409. The molecule has 0 spiro atoms. The molecule has 6 nitrogen and oxygen atoms in total. The summed E-state index contributed by atoms with van der Waals surface area (Å²) in [6, 6.07) is 11.2. The molecule has 0 atom stereocenters. The monoisotopic (exact) mass is 540 g/mol.